The van der Waals surface area contributed by atoms with Crippen LogP contribution in [0, 0.1) is 12.3 Å². The van der Waals surface area contributed by atoms with Gasteiger partial charge >= 0.3 is 0 Å². The maximum atomic E-state index is 5.88. The van der Waals surface area contributed by atoms with Gasteiger partial charge in [-0.1, -0.05) is 30.2 Å². The Morgan fingerprint density at radius 3 is 1.51 bits per heavy atom. The van der Waals surface area contributed by atoms with Gasteiger partial charge in [0.25, 0.3) is 0 Å². The van der Waals surface area contributed by atoms with Crippen molar-refractivity contribution in [2.24, 2.45) is 0 Å². The van der Waals surface area contributed by atoms with E-state index in [1.165, 1.54) is 0 Å². The van der Waals surface area contributed by atoms with Crippen LogP contribution >= 0.6 is 0 Å². The Balaban J connectivity index is 1.20. The van der Waals surface area contributed by atoms with Gasteiger partial charge in [-0.25, -0.2) is 0 Å². The zero-order chi connectivity index (χ0) is 24.1. The van der Waals surface area contributed by atoms with Crippen LogP contribution in [0.5, 0.6) is 11.5 Å². The molecular formula is C29H36O6. The van der Waals surface area contributed by atoms with E-state index in [2.05, 4.69) is 5.92 Å². The molecule has 0 aliphatic carbocycles. The first kappa shape index (κ1) is 25.5. The molecule has 2 aromatic rings. The van der Waals surface area contributed by atoms with E-state index in [0.717, 1.165) is 74.4 Å². The predicted octanol–water partition coefficient (Wildman–Crippen LogP) is 5.30. The van der Waals surface area contributed by atoms with Crippen LogP contribution < -0.4 is 9.47 Å². The molecule has 2 aromatic carbocycles. The van der Waals surface area contributed by atoms with Crippen molar-refractivity contribution in [3.8, 4) is 23.8 Å². The molecular weight excluding hydrogens is 444 g/mol. The second kappa shape index (κ2) is 14.1. The maximum absolute atomic E-state index is 5.88. The average Bonchev–Trinajstić information content (AvgIpc) is 2.92. The van der Waals surface area contributed by atoms with Crippen LogP contribution in [-0.4, -0.2) is 52.2 Å². The van der Waals surface area contributed by atoms with Crippen molar-refractivity contribution < 1.29 is 28.4 Å². The van der Waals surface area contributed by atoms with Crippen LogP contribution in [0.25, 0.3) is 0 Å². The Morgan fingerprint density at radius 2 is 1.14 bits per heavy atom. The van der Waals surface area contributed by atoms with E-state index in [-0.39, 0.29) is 18.5 Å². The summed E-state index contributed by atoms with van der Waals surface area (Å²) in [7, 11) is 0. The number of benzene rings is 2. The lowest BCUT2D eigenvalue weighted by atomic mass is 9.92. The molecule has 0 N–H and O–H groups in total. The zero-order valence-electron chi connectivity index (χ0n) is 20.4. The second-order valence-corrected chi connectivity index (χ2v) is 8.77. The molecule has 0 amide bonds. The average molecular weight is 481 g/mol. The maximum Gasteiger partial charge on any atom is 0.157 e. The lowest BCUT2D eigenvalue weighted by Gasteiger charge is -2.22. The van der Waals surface area contributed by atoms with Gasteiger partial charge in [0.05, 0.1) is 19.1 Å². The molecule has 0 bridgehead atoms. The highest BCUT2D eigenvalue weighted by Gasteiger charge is 2.15. The standard InChI is InChI=1S/C29H36O6/c1-2-27(23-9-13-25(14-10-23)30-19-21-34-28-7-3-5-17-32-28)24-11-15-26(16-12-24)31-20-22-35-29-8-4-6-18-33-29/h1,9-16,27-29H,3-8,17-22H2. The Bertz CT molecular complexity index is 823. The summed E-state index contributed by atoms with van der Waals surface area (Å²) in [6.07, 6.45) is 12.2. The van der Waals surface area contributed by atoms with E-state index in [1.54, 1.807) is 0 Å². The molecule has 0 radical (unpaired) electrons. The molecule has 0 aromatic heterocycles. The smallest absolute Gasteiger partial charge is 0.157 e. The van der Waals surface area contributed by atoms with Crippen LogP contribution in [-0.2, 0) is 18.9 Å². The highest BCUT2D eigenvalue weighted by atomic mass is 16.7. The second-order valence-electron chi connectivity index (χ2n) is 8.77. The van der Waals surface area contributed by atoms with E-state index in [1.807, 2.05) is 48.5 Å². The predicted molar refractivity (Wildman–Crippen MR) is 134 cm³/mol. The molecule has 0 saturated carbocycles. The molecule has 2 fully saturated rings. The van der Waals surface area contributed by atoms with Crippen molar-refractivity contribution in [2.75, 3.05) is 39.6 Å². The summed E-state index contributed by atoms with van der Waals surface area (Å²) in [6, 6.07) is 15.9. The normalized spacial score (nSPS) is 21.1. The van der Waals surface area contributed by atoms with Gasteiger partial charge in [0.1, 0.15) is 24.7 Å². The quantitative estimate of drug-likeness (QED) is 0.304. The van der Waals surface area contributed by atoms with Gasteiger partial charge in [-0.2, -0.15) is 0 Å². The molecule has 6 heteroatoms. The molecule has 2 saturated heterocycles. The number of hydrogen-bond donors (Lipinski definition) is 0. The monoisotopic (exact) mass is 480 g/mol. The highest BCUT2D eigenvalue weighted by Crippen LogP contribution is 2.27. The van der Waals surface area contributed by atoms with E-state index in [0.29, 0.717) is 26.4 Å². The fourth-order valence-corrected chi connectivity index (χ4v) is 4.26. The van der Waals surface area contributed by atoms with Crippen molar-refractivity contribution in [1.29, 1.82) is 0 Å². The van der Waals surface area contributed by atoms with Crippen LogP contribution in [0.2, 0.25) is 0 Å². The molecule has 2 unspecified atom stereocenters. The Labute approximate surface area is 208 Å². The van der Waals surface area contributed by atoms with Crippen molar-refractivity contribution >= 4 is 0 Å². The van der Waals surface area contributed by atoms with Crippen LogP contribution in [0.1, 0.15) is 55.6 Å². The van der Waals surface area contributed by atoms with Gasteiger partial charge in [-0.05, 0) is 73.9 Å². The highest BCUT2D eigenvalue weighted by molar-refractivity contribution is 5.43. The molecule has 4 rings (SSSR count). The summed E-state index contributed by atoms with van der Waals surface area (Å²) in [6.45, 7) is 3.55. The SMILES string of the molecule is C#CC(c1ccc(OCCOC2CCCCO2)cc1)c1ccc(OCCOC2CCCCO2)cc1. The van der Waals surface area contributed by atoms with Crippen molar-refractivity contribution in [3.05, 3.63) is 59.7 Å². The third-order valence-corrected chi connectivity index (χ3v) is 6.18. The van der Waals surface area contributed by atoms with Gasteiger partial charge in [0, 0.05) is 13.2 Å². The van der Waals surface area contributed by atoms with Crippen LogP contribution in [0.15, 0.2) is 48.5 Å². The summed E-state index contributed by atoms with van der Waals surface area (Å²) < 4.78 is 34.2. The van der Waals surface area contributed by atoms with Gasteiger partial charge in [-0.3, -0.25) is 0 Å². The molecule has 6 nitrogen and oxygen atoms in total. The largest absolute Gasteiger partial charge is 0.491 e. The fraction of sp³-hybridized carbons (Fsp3) is 0.517. The number of hydrogen-bond acceptors (Lipinski definition) is 6. The summed E-state index contributed by atoms with van der Waals surface area (Å²) in [4.78, 5) is 0. The third kappa shape index (κ3) is 8.26. The van der Waals surface area contributed by atoms with Crippen molar-refractivity contribution in [2.45, 2.75) is 57.0 Å². The summed E-state index contributed by atoms with van der Waals surface area (Å²) in [5, 5.41) is 0. The van der Waals surface area contributed by atoms with Gasteiger partial charge in [-0.15, -0.1) is 6.42 Å². The van der Waals surface area contributed by atoms with E-state index < -0.39 is 0 Å². The molecule has 0 spiro atoms. The minimum Gasteiger partial charge on any atom is -0.491 e. The van der Waals surface area contributed by atoms with E-state index in [4.69, 9.17) is 34.8 Å². The molecule has 2 atom stereocenters. The number of ether oxygens (including phenoxy) is 6. The Hall–Kier alpha value is -2.56. The first-order chi connectivity index (χ1) is 17.3. The first-order valence-corrected chi connectivity index (χ1v) is 12.7. The minimum atomic E-state index is -0.142. The Morgan fingerprint density at radius 1 is 0.686 bits per heavy atom. The summed E-state index contributed by atoms with van der Waals surface area (Å²) in [5.41, 5.74) is 2.09. The van der Waals surface area contributed by atoms with E-state index in [9.17, 15) is 0 Å². The molecule has 2 aliphatic rings. The number of rotatable bonds is 12. The molecule has 2 aliphatic heterocycles. The van der Waals surface area contributed by atoms with E-state index >= 15 is 0 Å². The lowest BCUT2D eigenvalue weighted by molar-refractivity contribution is -0.165. The van der Waals surface area contributed by atoms with Gasteiger partial charge in [0.15, 0.2) is 12.6 Å². The first-order valence-electron chi connectivity index (χ1n) is 12.7. The topological polar surface area (TPSA) is 55.4 Å². The third-order valence-electron chi connectivity index (χ3n) is 6.18. The van der Waals surface area contributed by atoms with Crippen LogP contribution in [0.4, 0.5) is 0 Å². The summed E-state index contributed by atoms with van der Waals surface area (Å²) >= 11 is 0. The van der Waals surface area contributed by atoms with Crippen molar-refractivity contribution in [1.82, 2.24) is 0 Å². The Kier molecular flexibility index (Phi) is 10.3. The zero-order valence-corrected chi connectivity index (χ0v) is 20.4. The molecule has 2 heterocycles. The minimum absolute atomic E-state index is 0.0904. The van der Waals surface area contributed by atoms with Crippen molar-refractivity contribution in [3.63, 3.8) is 0 Å². The molecule has 188 valence electrons. The number of terminal acetylenes is 1. The molecule has 35 heavy (non-hydrogen) atoms. The van der Waals surface area contributed by atoms with Gasteiger partial charge in [0.2, 0.25) is 0 Å². The van der Waals surface area contributed by atoms with Gasteiger partial charge < -0.3 is 28.4 Å². The van der Waals surface area contributed by atoms with Crippen LogP contribution in [0.3, 0.4) is 0 Å². The summed E-state index contributed by atoms with van der Waals surface area (Å²) in [5.74, 6) is 4.35. The fourth-order valence-electron chi connectivity index (χ4n) is 4.26. The lowest BCUT2D eigenvalue weighted by Crippen LogP contribution is -2.24.